The van der Waals surface area contributed by atoms with Crippen LogP contribution in [0.5, 0.6) is 0 Å². The van der Waals surface area contributed by atoms with Gasteiger partial charge in [-0.25, -0.2) is 34.7 Å². The van der Waals surface area contributed by atoms with E-state index in [9.17, 15) is 19.4 Å². The van der Waals surface area contributed by atoms with E-state index >= 15 is 0 Å². The van der Waals surface area contributed by atoms with Crippen molar-refractivity contribution < 1.29 is 56.4 Å². The normalized spacial score (nSPS) is 34.4. The number of carbonyl (C=O) groups is 1. The summed E-state index contributed by atoms with van der Waals surface area (Å²) in [6.07, 6.45) is -6.58. The van der Waals surface area contributed by atoms with Crippen LogP contribution in [0.25, 0.3) is 22.3 Å². The molecule has 0 saturated carbocycles. The molecule has 0 aliphatic carbocycles. The van der Waals surface area contributed by atoms with Gasteiger partial charge >= 0.3 is 20.5 Å². The number of ether oxygens (including phenoxy) is 4. The Kier molecular flexibility index (Phi) is 9.94. The first-order valence-electron chi connectivity index (χ1n) is 15.2. The Morgan fingerprint density at radius 1 is 0.961 bits per heavy atom. The minimum absolute atomic E-state index is 0.0398. The van der Waals surface area contributed by atoms with Crippen LogP contribution in [0.2, 0.25) is 0 Å². The van der Waals surface area contributed by atoms with E-state index in [1.54, 1.807) is 7.05 Å². The highest BCUT2D eigenvalue weighted by atomic mass is 32.5. The average molecular weight is 774 g/mol. The zero-order valence-electron chi connectivity index (χ0n) is 26.8. The number of nitrogens with one attached hydrogen (secondary N) is 1. The maximum Gasteiger partial charge on any atom is 0.508 e. The second kappa shape index (κ2) is 14.1. The molecule has 276 valence electrons. The summed E-state index contributed by atoms with van der Waals surface area (Å²) >= 11 is 5.37. The average Bonchev–Trinajstić information content (AvgIpc) is 3.85. The number of hydrogen-bond acceptors (Lipinski definition) is 21. The minimum atomic E-state index is -4.28. The van der Waals surface area contributed by atoms with Crippen LogP contribution in [-0.4, -0.2) is 132 Å². The highest BCUT2D eigenvalue weighted by Gasteiger charge is 2.54. The number of aromatic nitrogens is 8. The van der Waals surface area contributed by atoms with Crippen molar-refractivity contribution >= 4 is 66.2 Å². The van der Waals surface area contributed by atoms with Crippen molar-refractivity contribution in [2.75, 3.05) is 51.5 Å². The fraction of sp³-hybridized carbons (Fsp3) is 0.560. The Balaban J connectivity index is 1.22. The number of nitrogens with zero attached hydrogens (tertiary/aromatic N) is 8. The Hall–Kier alpha value is -3.51. The third-order valence-corrected chi connectivity index (χ3v) is 11.0. The van der Waals surface area contributed by atoms with Gasteiger partial charge in [0.05, 0.1) is 25.9 Å². The number of aliphatic hydroxyl groups excluding tert-OH is 1. The third-order valence-electron chi connectivity index (χ3n) is 8.17. The zero-order valence-corrected chi connectivity index (χ0v) is 29.4. The highest BCUT2D eigenvalue weighted by molar-refractivity contribution is 8.07. The SMILES string of the molecule is CNCCOC(=O)O[C@@H]1[C@@H]2OP(O)(=S)OC[C@H]3O[C@@H](n4cnc5c(N)ncnc54)[C@H](O[P@@](C)(=O)OC[C@H]2O[C@H]1n1cnc2c(N)ncnc21)[C@@H]3O. The molecule has 7 rings (SSSR count). The first-order valence-corrected chi connectivity index (χ1v) is 19.8. The maximum absolute atomic E-state index is 13.9. The molecule has 3 saturated heterocycles. The fourth-order valence-corrected chi connectivity index (χ4v) is 8.41. The topological polar surface area (TPSA) is 300 Å². The van der Waals surface area contributed by atoms with E-state index in [-0.39, 0.29) is 40.6 Å². The number of nitrogens with two attached hydrogens (primary N) is 2. The number of aliphatic hydroxyl groups is 1. The van der Waals surface area contributed by atoms with E-state index in [0.29, 0.717) is 6.54 Å². The van der Waals surface area contributed by atoms with Gasteiger partial charge in [-0.1, -0.05) is 0 Å². The smallest absolute Gasteiger partial charge is 0.433 e. The van der Waals surface area contributed by atoms with Crippen molar-refractivity contribution in [2.24, 2.45) is 0 Å². The summed E-state index contributed by atoms with van der Waals surface area (Å²) in [7, 11) is -2.43. The molecule has 4 aromatic heterocycles. The highest BCUT2D eigenvalue weighted by Crippen LogP contribution is 2.54. The van der Waals surface area contributed by atoms with Crippen LogP contribution in [0.3, 0.4) is 0 Å². The van der Waals surface area contributed by atoms with E-state index in [4.69, 9.17) is 60.3 Å². The lowest BCUT2D eigenvalue weighted by molar-refractivity contribution is -0.0634. The molecule has 1 unspecified atom stereocenters. The molecule has 0 spiro atoms. The van der Waals surface area contributed by atoms with Gasteiger partial charge in [0.1, 0.15) is 60.8 Å². The van der Waals surface area contributed by atoms with Crippen LogP contribution >= 0.6 is 14.3 Å². The van der Waals surface area contributed by atoms with Crippen LogP contribution in [0.1, 0.15) is 12.5 Å². The molecule has 3 fully saturated rings. The third kappa shape index (κ3) is 7.14. The monoisotopic (exact) mass is 773 g/mol. The van der Waals surface area contributed by atoms with E-state index < -0.39 is 82.8 Å². The number of imidazole rings is 2. The van der Waals surface area contributed by atoms with Crippen LogP contribution in [0.4, 0.5) is 16.4 Å². The molecule has 7 heterocycles. The Bertz CT molecular complexity index is 2020. The van der Waals surface area contributed by atoms with Gasteiger partial charge in [-0.15, -0.1) is 0 Å². The van der Waals surface area contributed by atoms with Crippen LogP contribution in [-0.2, 0) is 53.4 Å². The lowest BCUT2D eigenvalue weighted by atomic mass is 10.1. The predicted molar refractivity (Wildman–Crippen MR) is 175 cm³/mol. The first-order chi connectivity index (χ1) is 24.4. The fourth-order valence-electron chi connectivity index (χ4n) is 5.82. The van der Waals surface area contributed by atoms with Gasteiger partial charge in [-0.05, 0) is 18.9 Å². The standard InChI is InChI=1S/C25H33N11O12P2S/c1-28-3-4-41-25(38)46-18-16-12(45-24(18)36-10-34-14-20(27)30-8-32-22(14)36)6-42-49(2,39)47-17-15(37)11(5-43-50(40,51)48-16)44-23(17)35-9-33-13-19(26)29-7-31-21(13)35/h7-12,15-18,23-24,28,37H,3-6H2,1-2H3,(H,40,51)(H2,26,29,31)(H2,27,30,32)/t11-,12-,15-,16-,17-,18-,23-,24-,49+,50?/m1/s1. The van der Waals surface area contributed by atoms with Gasteiger partial charge in [0.2, 0.25) is 0 Å². The summed E-state index contributed by atoms with van der Waals surface area (Å²) in [5, 5.41) is 14.2. The predicted octanol–water partition coefficient (Wildman–Crippen LogP) is -0.416. The molecule has 4 aromatic rings. The van der Waals surface area contributed by atoms with Crippen LogP contribution < -0.4 is 16.8 Å². The van der Waals surface area contributed by atoms with Crippen molar-refractivity contribution in [3.63, 3.8) is 0 Å². The van der Waals surface area contributed by atoms with Gasteiger partial charge in [-0.3, -0.25) is 22.7 Å². The van der Waals surface area contributed by atoms with Crippen molar-refractivity contribution in [2.45, 2.75) is 49.1 Å². The van der Waals surface area contributed by atoms with Crippen molar-refractivity contribution in [1.29, 1.82) is 0 Å². The number of carbonyl (C=O) groups excluding carboxylic acids is 1. The molecule has 26 heteroatoms. The summed E-state index contributed by atoms with van der Waals surface area (Å²) < 4.78 is 63.4. The first kappa shape index (κ1) is 35.9. The van der Waals surface area contributed by atoms with Gasteiger partial charge in [0, 0.05) is 13.2 Å². The number of anilines is 2. The molecule has 2 bridgehead atoms. The molecule has 0 radical (unpaired) electrons. The van der Waals surface area contributed by atoms with Crippen LogP contribution in [0.15, 0.2) is 25.3 Å². The summed E-state index contributed by atoms with van der Waals surface area (Å²) in [4.78, 5) is 49.1. The Morgan fingerprint density at radius 3 is 2.22 bits per heavy atom. The molecule has 3 aliphatic heterocycles. The second-order valence-corrected chi connectivity index (χ2v) is 16.3. The Morgan fingerprint density at radius 2 is 1.57 bits per heavy atom. The number of nitrogen functional groups attached to an aromatic ring is 2. The van der Waals surface area contributed by atoms with E-state index in [1.807, 2.05) is 0 Å². The molecule has 7 N–H and O–H groups in total. The summed E-state index contributed by atoms with van der Waals surface area (Å²) in [5.41, 5.74) is 12.9. The molecular formula is C25H33N11O12P2S. The summed E-state index contributed by atoms with van der Waals surface area (Å²) in [5.74, 6) is 0.167. The Labute approximate surface area is 292 Å². The largest absolute Gasteiger partial charge is 0.508 e. The van der Waals surface area contributed by atoms with E-state index in [0.717, 1.165) is 0 Å². The van der Waals surface area contributed by atoms with Gasteiger partial charge < -0.3 is 54.8 Å². The molecule has 51 heavy (non-hydrogen) atoms. The number of rotatable bonds is 6. The molecular weight excluding hydrogens is 740 g/mol. The van der Waals surface area contributed by atoms with Crippen LogP contribution in [0, 0.1) is 0 Å². The summed E-state index contributed by atoms with van der Waals surface area (Å²) in [6.45, 7) is -3.86. The second-order valence-electron chi connectivity index (χ2n) is 11.5. The van der Waals surface area contributed by atoms with Gasteiger partial charge in [0.15, 0.2) is 41.5 Å². The molecule has 0 amide bonds. The van der Waals surface area contributed by atoms with Crippen molar-refractivity contribution in [3.8, 4) is 0 Å². The lowest BCUT2D eigenvalue weighted by Crippen LogP contribution is -2.39. The van der Waals surface area contributed by atoms with Crippen molar-refractivity contribution in [3.05, 3.63) is 25.3 Å². The molecule has 0 aromatic carbocycles. The molecule has 3 aliphatic rings. The number of likely N-dealkylation sites (N-methyl/N-ethyl adjacent to an activating group) is 1. The quantitative estimate of drug-likeness (QED) is 0.0944. The molecule has 23 nitrogen and oxygen atoms in total. The van der Waals surface area contributed by atoms with E-state index in [1.165, 1.54) is 41.1 Å². The minimum Gasteiger partial charge on any atom is -0.433 e. The molecule has 10 atom stereocenters. The maximum atomic E-state index is 13.9. The number of hydrogen-bond donors (Lipinski definition) is 5. The van der Waals surface area contributed by atoms with Crippen molar-refractivity contribution in [1.82, 2.24) is 44.4 Å². The summed E-state index contributed by atoms with van der Waals surface area (Å²) in [6, 6.07) is 0. The number of fused-ring (bicyclic) bond motifs is 5. The zero-order chi connectivity index (χ0) is 36.1. The van der Waals surface area contributed by atoms with Gasteiger partial charge in [0.25, 0.3) is 0 Å². The van der Waals surface area contributed by atoms with E-state index in [2.05, 4.69) is 35.2 Å². The lowest BCUT2D eigenvalue weighted by Gasteiger charge is -2.28. The van der Waals surface area contributed by atoms with Gasteiger partial charge in [-0.2, -0.15) is 0 Å².